The van der Waals surface area contributed by atoms with E-state index >= 15 is 0 Å². The molecule has 1 N–H and O–H groups in total. The molecule has 0 aliphatic rings. The Bertz CT molecular complexity index is 878. The fraction of sp³-hybridized carbons (Fsp3) is 0.190. The van der Waals surface area contributed by atoms with E-state index in [4.69, 9.17) is 4.74 Å². The molecular weight excluding hydrogens is 340 g/mol. The Morgan fingerprint density at radius 3 is 2.26 bits per heavy atom. The highest BCUT2D eigenvalue weighted by Gasteiger charge is 2.11. The average molecular weight is 362 g/mol. The molecule has 0 unspecified atom stereocenters. The van der Waals surface area contributed by atoms with Gasteiger partial charge in [-0.15, -0.1) is 10.2 Å². The van der Waals surface area contributed by atoms with Crippen molar-refractivity contribution in [1.82, 2.24) is 10.2 Å². The van der Waals surface area contributed by atoms with Gasteiger partial charge in [0.05, 0.1) is 6.10 Å². The standard InChI is InChI=1S/C21H22N4O2/c1-15(2)27-18-11-9-16(10-12-18)22-21(26)19-13-14-20(24-23-19)25(3)17-7-5-4-6-8-17/h4-15H,1-3H3,(H,22,26). The van der Waals surface area contributed by atoms with Crippen LogP contribution in [0, 0.1) is 0 Å². The van der Waals surface area contributed by atoms with Crippen LogP contribution in [0.5, 0.6) is 5.75 Å². The first-order chi connectivity index (χ1) is 13.0. The minimum atomic E-state index is -0.311. The molecule has 27 heavy (non-hydrogen) atoms. The Morgan fingerprint density at radius 1 is 0.963 bits per heavy atom. The maximum Gasteiger partial charge on any atom is 0.276 e. The summed E-state index contributed by atoms with van der Waals surface area (Å²) in [6, 6.07) is 20.5. The molecule has 0 radical (unpaired) electrons. The molecule has 0 bridgehead atoms. The van der Waals surface area contributed by atoms with Crippen LogP contribution < -0.4 is 15.0 Å². The fourth-order valence-corrected chi connectivity index (χ4v) is 2.49. The van der Waals surface area contributed by atoms with Gasteiger partial charge in [0, 0.05) is 18.4 Å². The van der Waals surface area contributed by atoms with Crippen LogP contribution in [-0.4, -0.2) is 29.3 Å². The number of benzene rings is 2. The second kappa shape index (κ2) is 8.31. The van der Waals surface area contributed by atoms with Crippen molar-refractivity contribution in [2.45, 2.75) is 20.0 Å². The number of ether oxygens (including phenoxy) is 1. The molecular formula is C21H22N4O2. The van der Waals surface area contributed by atoms with Crippen molar-refractivity contribution >= 4 is 23.1 Å². The van der Waals surface area contributed by atoms with Gasteiger partial charge in [0.25, 0.3) is 5.91 Å². The molecule has 1 aromatic heterocycles. The van der Waals surface area contributed by atoms with Gasteiger partial charge in [-0.05, 0) is 62.4 Å². The lowest BCUT2D eigenvalue weighted by Gasteiger charge is -2.17. The summed E-state index contributed by atoms with van der Waals surface area (Å²) in [5, 5.41) is 11.0. The second-order valence-corrected chi connectivity index (χ2v) is 6.32. The third-order valence-corrected chi connectivity index (χ3v) is 3.85. The Balaban J connectivity index is 1.65. The van der Waals surface area contributed by atoms with Gasteiger partial charge < -0.3 is 15.0 Å². The zero-order chi connectivity index (χ0) is 19.2. The molecule has 0 aliphatic heterocycles. The van der Waals surface area contributed by atoms with Gasteiger partial charge in [-0.3, -0.25) is 4.79 Å². The molecule has 6 heteroatoms. The van der Waals surface area contributed by atoms with Crippen LogP contribution >= 0.6 is 0 Å². The molecule has 3 aromatic rings. The largest absolute Gasteiger partial charge is 0.491 e. The summed E-state index contributed by atoms with van der Waals surface area (Å²) in [5.74, 6) is 1.11. The van der Waals surface area contributed by atoms with E-state index in [-0.39, 0.29) is 17.7 Å². The molecule has 0 spiro atoms. The summed E-state index contributed by atoms with van der Waals surface area (Å²) >= 11 is 0. The van der Waals surface area contributed by atoms with Crippen molar-refractivity contribution in [3.05, 3.63) is 72.4 Å². The lowest BCUT2D eigenvalue weighted by molar-refractivity contribution is 0.102. The highest BCUT2D eigenvalue weighted by Crippen LogP contribution is 2.21. The number of carbonyl (C=O) groups excluding carboxylic acids is 1. The Labute approximate surface area is 158 Å². The quantitative estimate of drug-likeness (QED) is 0.709. The minimum absolute atomic E-state index is 0.105. The van der Waals surface area contributed by atoms with Gasteiger partial charge in [-0.1, -0.05) is 18.2 Å². The summed E-state index contributed by atoms with van der Waals surface area (Å²) in [6.07, 6.45) is 0.105. The van der Waals surface area contributed by atoms with Gasteiger partial charge >= 0.3 is 0 Å². The zero-order valence-corrected chi connectivity index (χ0v) is 15.6. The SMILES string of the molecule is CC(C)Oc1ccc(NC(=O)c2ccc(N(C)c3ccccc3)nn2)cc1. The molecule has 6 nitrogen and oxygen atoms in total. The number of nitrogens with one attached hydrogen (secondary N) is 1. The van der Waals surface area contributed by atoms with E-state index in [1.54, 1.807) is 24.3 Å². The predicted molar refractivity (Wildman–Crippen MR) is 107 cm³/mol. The molecule has 1 heterocycles. The van der Waals surface area contributed by atoms with Crippen LogP contribution in [0.2, 0.25) is 0 Å². The number of nitrogens with zero attached hydrogens (tertiary/aromatic N) is 3. The van der Waals surface area contributed by atoms with Gasteiger partial charge in [-0.25, -0.2) is 0 Å². The van der Waals surface area contributed by atoms with Gasteiger partial charge in [0.15, 0.2) is 11.5 Å². The van der Waals surface area contributed by atoms with Crippen LogP contribution in [0.1, 0.15) is 24.3 Å². The number of hydrogen-bond donors (Lipinski definition) is 1. The van der Waals surface area contributed by atoms with Crippen molar-refractivity contribution in [3.8, 4) is 5.75 Å². The lowest BCUT2D eigenvalue weighted by atomic mass is 10.2. The van der Waals surface area contributed by atoms with Crippen molar-refractivity contribution in [2.75, 3.05) is 17.3 Å². The fourth-order valence-electron chi connectivity index (χ4n) is 2.49. The first-order valence-corrected chi connectivity index (χ1v) is 8.73. The van der Waals surface area contributed by atoms with Gasteiger partial charge in [0.2, 0.25) is 0 Å². The van der Waals surface area contributed by atoms with Gasteiger partial charge in [-0.2, -0.15) is 0 Å². The van der Waals surface area contributed by atoms with E-state index in [0.717, 1.165) is 11.4 Å². The monoisotopic (exact) mass is 362 g/mol. The summed E-state index contributed by atoms with van der Waals surface area (Å²) in [7, 11) is 1.90. The smallest absolute Gasteiger partial charge is 0.276 e. The lowest BCUT2D eigenvalue weighted by Crippen LogP contribution is -2.16. The number of para-hydroxylation sites is 1. The molecule has 2 aromatic carbocycles. The van der Waals surface area contributed by atoms with E-state index < -0.39 is 0 Å². The van der Waals surface area contributed by atoms with Crippen LogP contribution in [0.3, 0.4) is 0 Å². The third-order valence-electron chi connectivity index (χ3n) is 3.85. The number of amides is 1. The second-order valence-electron chi connectivity index (χ2n) is 6.32. The van der Waals surface area contributed by atoms with E-state index in [2.05, 4.69) is 15.5 Å². The normalized spacial score (nSPS) is 10.5. The van der Waals surface area contributed by atoms with Crippen LogP contribution in [0.4, 0.5) is 17.2 Å². The molecule has 0 saturated heterocycles. The number of rotatable bonds is 6. The summed E-state index contributed by atoms with van der Waals surface area (Å²) in [6.45, 7) is 3.93. The number of anilines is 3. The highest BCUT2D eigenvalue weighted by atomic mass is 16.5. The maximum atomic E-state index is 12.4. The minimum Gasteiger partial charge on any atom is -0.491 e. The molecule has 3 rings (SSSR count). The van der Waals surface area contributed by atoms with Crippen LogP contribution in [-0.2, 0) is 0 Å². The summed E-state index contributed by atoms with van der Waals surface area (Å²) in [4.78, 5) is 14.3. The first-order valence-electron chi connectivity index (χ1n) is 8.73. The van der Waals surface area contributed by atoms with Crippen molar-refractivity contribution in [3.63, 3.8) is 0 Å². The van der Waals surface area contributed by atoms with E-state index in [9.17, 15) is 4.79 Å². The summed E-state index contributed by atoms with van der Waals surface area (Å²) < 4.78 is 5.59. The molecule has 0 atom stereocenters. The Kier molecular flexibility index (Phi) is 5.66. The number of aromatic nitrogens is 2. The third kappa shape index (κ3) is 4.82. The molecule has 0 saturated carbocycles. The summed E-state index contributed by atoms with van der Waals surface area (Å²) in [5.41, 5.74) is 1.92. The van der Waals surface area contributed by atoms with Crippen molar-refractivity contribution < 1.29 is 9.53 Å². The zero-order valence-electron chi connectivity index (χ0n) is 15.6. The Hall–Kier alpha value is -3.41. The van der Waals surface area contributed by atoms with Gasteiger partial charge in [0.1, 0.15) is 5.75 Å². The van der Waals surface area contributed by atoms with Crippen molar-refractivity contribution in [2.24, 2.45) is 0 Å². The first kappa shape index (κ1) is 18.4. The van der Waals surface area contributed by atoms with E-state index in [0.29, 0.717) is 11.5 Å². The number of carbonyl (C=O) groups is 1. The average Bonchev–Trinajstić information content (AvgIpc) is 2.69. The molecule has 1 amide bonds. The van der Waals surface area contributed by atoms with Crippen LogP contribution in [0.25, 0.3) is 0 Å². The van der Waals surface area contributed by atoms with E-state index in [1.807, 2.05) is 68.3 Å². The molecule has 138 valence electrons. The number of hydrogen-bond acceptors (Lipinski definition) is 5. The topological polar surface area (TPSA) is 67.3 Å². The Morgan fingerprint density at radius 2 is 1.67 bits per heavy atom. The predicted octanol–water partition coefficient (Wildman–Crippen LogP) is 4.28. The maximum absolute atomic E-state index is 12.4. The molecule has 0 fully saturated rings. The highest BCUT2D eigenvalue weighted by molar-refractivity contribution is 6.02. The molecule has 0 aliphatic carbocycles. The van der Waals surface area contributed by atoms with E-state index in [1.165, 1.54) is 0 Å². The van der Waals surface area contributed by atoms with Crippen molar-refractivity contribution in [1.29, 1.82) is 0 Å². The van der Waals surface area contributed by atoms with Crippen LogP contribution in [0.15, 0.2) is 66.7 Å².